The molecule has 0 aliphatic carbocycles. The van der Waals surface area contributed by atoms with E-state index in [2.05, 4.69) is 9.47 Å². The van der Waals surface area contributed by atoms with Crippen LogP contribution >= 0.6 is 11.6 Å². The molecule has 5 heteroatoms. The monoisotopic (exact) mass is 372 g/mol. The molecular formula is C21H19ClF2N2. The molecule has 0 saturated carbocycles. The van der Waals surface area contributed by atoms with Crippen LogP contribution in [0.2, 0.25) is 5.02 Å². The molecular weight excluding hydrogens is 354 g/mol. The third kappa shape index (κ3) is 3.27. The Morgan fingerprint density at radius 2 is 1.73 bits per heavy atom. The number of hydrogen-bond acceptors (Lipinski definition) is 1. The Hall–Kier alpha value is -2.17. The first-order valence-electron chi connectivity index (χ1n) is 8.71. The van der Waals surface area contributed by atoms with Crippen molar-refractivity contribution in [2.45, 2.75) is 25.6 Å². The summed E-state index contributed by atoms with van der Waals surface area (Å²) in [7, 11) is 0. The van der Waals surface area contributed by atoms with Gasteiger partial charge in [0.15, 0.2) is 0 Å². The molecule has 3 aromatic rings. The number of aromatic nitrogens is 1. The SMILES string of the molecule is Fc1cccc(F)c1[C@@H]1c2cccn2CCCN1Cc1cccc(Cl)c1. The van der Waals surface area contributed by atoms with E-state index in [0.29, 0.717) is 11.6 Å². The summed E-state index contributed by atoms with van der Waals surface area (Å²) in [5, 5.41) is 0.661. The van der Waals surface area contributed by atoms with E-state index in [1.54, 1.807) is 0 Å². The minimum Gasteiger partial charge on any atom is -0.350 e. The summed E-state index contributed by atoms with van der Waals surface area (Å²) in [6, 6.07) is 15.1. The van der Waals surface area contributed by atoms with Crippen LogP contribution < -0.4 is 0 Å². The van der Waals surface area contributed by atoms with Crippen molar-refractivity contribution in [2.24, 2.45) is 0 Å². The molecule has 134 valence electrons. The highest BCUT2D eigenvalue weighted by atomic mass is 35.5. The highest BCUT2D eigenvalue weighted by molar-refractivity contribution is 6.30. The molecule has 4 rings (SSSR count). The third-order valence-electron chi connectivity index (χ3n) is 4.90. The van der Waals surface area contributed by atoms with Crippen molar-refractivity contribution in [1.29, 1.82) is 0 Å². The summed E-state index contributed by atoms with van der Waals surface area (Å²) in [4.78, 5) is 2.13. The molecule has 0 saturated heterocycles. The second-order valence-corrected chi connectivity index (χ2v) is 7.05. The molecule has 0 N–H and O–H groups in total. The quantitative estimate of drug-likeness (QED) is 0.596. The van der Waals surface area contributed by atoms with Crippen molar-refractivity contribution >= 4 is 11.6 Å². The van der Waals surface area contributed by atoms with Crippen LogP contribution in [0.3, 0.4) is 0 Å². The van der Waals surface area contributed by atoms with Crippen LogP contribution in [-0.4, -0.2) is 16.0 Å². The molecule has 0 spiro atoms. The lowest BCUT2D eigenvalue weighted by atomic mass is 9.99. The molecule has 0 unspecified atom stereocenters. The van der Waals surface area contributed by atoms with Gasteiger partial charge in [-0.3, -0.25) is 4.90 Å². The largest absolute Gasteiger partial charge is 0.350 e. The fraction of sp³-hybridized carbons (Fsp3) is 0.238. The van der Waals surface area contributed by atoms with E-state index >= 15 is 0 Å². The molecule has 0 radical (unpaired) electrons. The summed E-state index contributed by atoms with van der Waals surface area (Å²) in [5.41, 5.74) is 2.05. The third-order valence-corrected chi connectivity index (χ3v) is 5.14. The Morgan fingerprint density at radius 1 is 0.962 bits per heavy atom. The van der Waals surface area contributed by atoms with Gasteiger partial charge in [0.2, 0.25) is 0 Å². The van der Waals surface area contributed by atoms with E-state index in [9.17, 15) is 8.78 Å². The molecule has 1 atom stereocenters. The Kier molecular flexibility index (Phi) is 4.79. The zero-order valence-electron chi connectivity index (χ0n) is 14.2. The lowest BCUT2D eigenvalue weighted by Crippen LogP contribution is -2.30. The average Bonchev–Trinajstić information content (AvgIpc) is 2.99. The van der Waals surface area contributed by atoms with Crippen molar-refractivity contribution in [2.75, 3.05) is 6.54 Å². The van der Waals surface area contributed by atoms with Crippen LogP contribution in [0.4, 0.5) is 8.78 Å². The predicted octanol–water partition coefficient (Wildman–Crippen LogP) is 5.42. The van der Waals surface area contributed by atoms with E-state index < -0.39 is 17.7 Å². The Bertz CT molecular complexity index is 902. The lowest BCUT2D eigenvalue weighted by Gasteiger charge is -2.31. The van der Waals surface area contributed by atoms with Gasteiger partial charge in [0.1, 0.15) is 11.6 Å². The fourth-order valence-corrected chi connectivity index (χ4v) is 3.99. The van der Waals surface area contributed by atoms with Gasteiger partial charge < -0.3 is 4.57 Å². The standard InChI is InChI=1S/C21H19ClF2N2/c22-16-6-1-5-15(13-16)14-26-12-4-11-25-10-3-9-19(25)21(26)20-17(23)7-2-8-18(20)24/h1-3,5-10,13,21H,4,11-12,14H2/t21-/m0/s1. The molecule has 0 amide bonds. The number of fused-ring (bicyclic) bond motifs is 1. The number of aryl methyl sites for hydroxylation is 1. The smallest absolute Gasteiger partial charge is 0.131 e. The van der Waals surface area contributed by atoms with Gasteiger partial charge >= 0.3 is 0 Å². The molecule has 2 aromatic carbocycles. The number of nitrogens with zero attached hydrogens (tertiary/aromatic N) is 2. The van der Waals surface area contributed by atoms with Gasteiger partial charge in [-0.15, -0.1) is 0 Å². The maximum Gasteiger partial charge on any atom is 0.131 e. The highest BCUT2D eigenvalue weighted by Gasteiger charge is 2.31. The number of halogens is 3. The van der Waals surface area contributed by atoms with Gasteiger partial charge in [0.05, 0.1) is 6.04 Å². The van der Waals surface area contributed by atoms with Crippen LogP contribution in [0.1, 0.15) is 29.3 Å². The van der Waals surface area contributed by atoms with E-state index in [-0.39, 0.29) is 5.56 Å². The maximum absolute atomic E-state index is 14.6. The minimum atomic E-state index is -0.513. The predicted molar refractivity (Wildman–Crippen MR) is 99.1 cm³/mol. The molecule has 26 heavy (non-hydrogen) atoms. The van der Waals surface area contributed by atoms with Crippen LogP contribution in [0.5, 0.6) is 0 Å². The van der Waals surface area contributed by atoms with Crippen molar-refractivity contribution < 1.29 is 8.78 Å². The molecule has 0 bridgehead atoms. The van der Waals surface area contributed by atoms with Crippen LogP contribution in [0.15, 0.2) is 60.8 Å². The van der Waals surface area contributed by atoms with Crippen LogP contribution in [-0.2, 0) is 13.1 Å². The molecule has 1 aliphatic rings. The zero-order chi connectivity index (χ0) is 18.1. The number of rotatable bonds is 3. The van der Waals surface area contributed by atoms with E-state index in [1.165, 1.54) is 18.2 Å². The van der Waals surface area contributed by atoms with Gasteiger partial charge in [0.25, 0.3) is 0 Å². The number of benzene rings is 2. The summed E-state index contributed by atoms with van der Waals surface area (Å²) in [6.45, 7) is 2.15. The molecule has 1 aromatic heterocycles. The Balaban J connectivity index is 1.81. The lowest BCUT2D eigenvalue weighted by molar-refractivity contribution is 0.212. The van der Waals surface area contributed by atoms with Gasteiger partial charge in [-0.25, -0.2) is 8.78 Å². The first-order valence-corrected chi connectivity index (χ1v) is 9.09. The first-order chi connectivity index (χ1) is 12.6. The summed E-state index contributed by atoms with van der Waals surface area (Å²) in [5.74, 6) is -1.03. The first kappa shape index (κ1) is 17.3. The van der Waals surface area contributed by atoms with Crippen LogP contribution in [0.25, 0.3) is 0 Å². The van der Waals surface area contributed by atoms with E-state index in [4.69, 9.17) is 11.6 Å². The van der Waals surface area contributed by atoms with Crippen LogP contribution in [0, 0.1) is 11.6 Å². The highest BCUT2D eigenvalue weighted by Crippen LogP contribution is 2.35. The second-order valence-electron chi connectivity index (χ2n) is 6.62. The average molecular weight is 373 g/mol. The summed E-state index contributed by atoms with van der Waals surface area (Å²) < 4.78 is 31.4. The Labute approximate surface area is 156 Å². The molecule has 0 fully saturated rings. The van der Waals surface area contributed by atoms with Crippen molar-refractivity contribution in [3.05, 3.63) is 94.3 Å². The summed E-state index contributed by atoms with van der Waals surface area (Å²) >= 11 is 6.12. The van der Waals surface area contributed by atoms with Crippen molar-refractivity contribution in [3.8, 4) is 0 Å². The zero-order valence-corrected chi connectivity index (χ0v) is 15.0. The molecule has 1 aliphatic heterocycles. The number of hydrogen-bond donors (Lipinski definition) is 0. The fourth-order valence-electron chi connectivity index (χ4n) is 3.78. The van der Waals surface area contributed by atoms with E-state index in [1.807, 2.05) is 42.6 Å². The molecule has 2 nitrogen and oxygen atoms in total. The minimum absolute atomic E-state index is 0.108. The maximum atomic E-state index is 14.6. The van der Waals surface area contributed by atoms with Gasteiger partial charge in [-0.1, -0.05) is 29.8 Å². The topological polar surface area (TPSA) is 8.17 Å². The normalized spacial score (nSPS) is 17.7. The van der Waals surface area contributed by atoms with E-state index in [0.717, 1.165) is 30.8 Å². The van der Waals surface area contributed by atoms with Gasteiger partial charge in [0, 0.05) is 42.1 Å². The second kappa shape index (κ2) is 7.22. The summed E-state index contributed by atoms with van der Waals surface area (Å²) in [6.07, 6.45) is 2.89. The Morgan fingerprint density at radius 3 is 2.50 bits per heavy atom. The van der Waals surface area contributed by atoms with Crippen molar-refractivity contribution in [3.63, 3.8) is 0 Å². The van der Waals surface area contributed by atoms with Gasteiger partial charge in [-0.05, 0) is 48.4 Å². The molecule has 2 heterocycles. The van der Waals surface area contributed by atoms with Gasteiger partial charge in [-0.2, -0.15) is 0 Å². The van der Waals surface area contributed by atoms with Crippen molar-refractivity contribution in [1.82, 2.24) is 9.47 Å².